The monoisotopic (exact) mass is 121 g/mol. The van der Waals surface area contributed by atoms with Gasteiger partial charge in [-0.2, -0.15) is 12.6 Å². The number of amides is 1. The molecule has 0 heterocycles. The minimum Gasteiger partial charge on any atom is -0.370 e. The van der Waals surface area contributed by atoms with Gasteiger partial charge in [-0.1, -0.05) is 6.92 Å². The van der Waals surface area contributed by atoms with Crippen LogP contribution >= 0.6 is 12.6 Å². The summed E-state index contributed by atoms with van der Waals surface area (Å²) in [6, 6.07) is 0. The molecule has 0 fully saturated rings. The van der Waals surface area contributed by atoms with Crippen molar-refractivity contribution in [2.75, 3.05) is 5.75 Å². The highest BCUT2D eigenvalue weighted by atomic mass is 32.1. The molecule has 1 amide bonds. The molecule has 3 heteroatoms. The molecule has 0 aromatic carbocycles. The van der Waals surface area contributed by atoms with E-state index in [2.05, 4.69) is 18.4 Å². The Balaban J connectivity index is 0. The van der Waals surface area contributed by atoms with Gasteiger partial charge in [-0.15, -0.1) is 0 Å². The summed E-state index contributed by atoms with van der Waals surface area (Å²) in [5.41, 5.74) is 4.47. The van der Waals surface area contributed by atoms with E-state index in [1.165, 1.54) is 6.92 Å². The number of hydrogen-bond donors (Lipinski definition) is 2. The molecule has 0 rings (SSSR count). The van der Waals surface area contributed by atoms with Crippen molar-refractivity contribution < 1.29 is 4.79 Å². The molecule has 0 aliphatic heterocycles. The molecule has 0 aliphatic rings. The van der Waals surface area contributed by atoms with Gasteiger partial charge in [0.2, 0.25) is 5.91 Å². The summed E-state index contributed by atoms with van der Waals surface area (Å²) in [5.74, 6) is 0.611. The predicted molar refractivity (Wildman–Crippen MR) is 34.4 cm³/mol. The van der Waals surface area contributed by atoms with Crippen molar-refractivity contribution in [3.05, 3.63) is 0 Å². The first-order valence-corrected chi connectivity index (χ1v) is 2.65. The molecule has 0 unspecified atom stereocenters. The second kappa shape index (κ2) is 9.27. The van der Waals surface area contributed by atoms with Crippen LogP contribution in [0.5, 0.6) is 0 Å². The Morgan fingerprint density at radius 2 is 1.86 bits per heavy atom. The van der Waals surface area contributed by atoms with Crippen LogP contribution in [0.1, 0.15) is 13.8 Å². The molecule has 44 valence electrons. The Labute approximate surface area is 49.5 Å². The number of nitrogens with two attached hydrogens (primary N) is 1. The van der Waals surface area contributed by atoms with E-state index < -0.39 is 0 Å². The second-order valence-electron chi connectivity index (χ2n) is 0.927. The zero-order valence-corrected chi connectivity index (χ0v) is 5.53. The van der Waals surface area contributed by atoms with Gasteiger partial charge in [-0.25, -0.2) is 0 Å². The summed E-state index contributed by atoms with van der Waals surface area (Å²) in [6.45, 7) is 3.29. The minimum atomic E-state index is -0.333. The van der Waals surface area contributed by atoms with Crippen molar-refractivity contribution in [1.82, 2.24) is 0 Å². The highest BCUT2D eigenvalue weighted by molar-refractivity contribution is 7.80. The molecular weight excluding hydrogens is 110 g/mol. The van der Waals surface area contributed by atoms with Crippen molar-refractivity contribution in [1.29, 1.82) is 0 Å². The molecular formula is C4H11NOS. The number of hydrogen-bond acceptors (Lipinski definition) is 2. The first-order chi connectivity index (χ1) is 3.15. The van der Waals surface area contributed by atoms with Crippen molar-refractivity contribution in [3.8, 4) is 0 Å². The first-order valence-electron chi connectivity index (χ1n) is 2.02. The van der Waals surface area contributed by atoms with Crippen LogP contribution in [-0.4, -0.2) is 11.7 Å². The summed E-state index contributed by atoms with van der Waals surface area (Å²) in [6.07, 6.45) is 0. The van der Waals surface area contributed by atoms with Crippen LogP contribution in [0.25, 0.3) is 0 Å². The summed E-state index contributed by atoms with van der Waals surface area (Å²) in [4.78, 5) is 9.22. The van der Waals surface area contributed by atoms with Gasteiger partial charge >= 0.3 is 0 Å². The third-order valence-electron chi connectivity index (χ3n) is 0. The largest absolute Gasteiger partial charge is 0.370 e. The Morgan fingerprint density at radius 3 is 1.86 bits per heavy atom. The van der Waals surface area contributed by atoms with Crippen LogP contribution in [0.3, 0.4) is 0 Å². The van der Waals surface area contributed by atoms with E-state index in [1.807, 2.05) is 6.92 Å². The number of carbonyl (C=O) groups excluding carboxylic acids is 1. The lowest BCUT2D eigenvalue weighted by molar-refractivity contribution is -0.115. The lowest BCUT2D eigenvalue weighted by atomic mass is 10.8. The summed E-state index contributed by atoms with van der Waals surface area (Å²) in [5, 5.41) is 0. The van der Waals surface area contributed by atoms with Gasteiger partial charge in [-0.3, -0.25) is 4.79 Å². The van der Waals surface area contributed by atoms with E-state index in [9.17, 15) is 4.79 Å². The Hall–Kier alpha value is -0.180. The van der Waals surface area contributed by atoms with Gasteiger partial charge in [0.25, 0.3) is 0 Å². The second-order valence-corrected chi connectivity index (χ2v) is 1.56. The SMILES string of the molecule is CC(N)=O.CCS. The molecule has 0 atom stereocenters. The van der Waals surface area contributed by atoms with Gasteiger partial charge < -0.3 is 5.73 Å². The van der Waals surface area contributed by atoms with E-state index >= 15 is 0 Å². The molecule has 0 saturated carbocycles. The number of rotatable bonds is 0. The molecule has 0 saturated heterocycles. The van der Waals surface area contributed by atoms with Crippen LogP contribution in [0.15, 0.2) is 0 Å². The fourth-order valence-corrected chi connectivity index (χ4v) is 0. The van der Waals surface area contributed by atoms with Gasteiger partial charge in [0.05, 0.1) is 0 Å². The third kappa shape index (κ3) is 2620. The van der Waals surface area contributed by atoms with Crippen LogP contribution in [0, 0.1) is 0 Å². The van der Waals surface area contributed by atoms with Gasteiger partial charge in [0.15, 0.2) is 0 Å². The van der Waals surface area contributed by atoms with Gasteiger partial charge in [0.1, 0.15) is 0 Å². The van der Waals surface area contributed by atoms with Crippen LogP contribution in [-0.2, 0) is 4.79 Å². The summed E-state index contributed by atoms with van der Waals surface area (Å²) in [7, 11) is 0. The molecule has 7 heavy (non-hydrogen) atoms. The fraction of sp³-hybridized carbons (Fsp3) is 0.750. The van der Waals surface area contributed by atoms with Crippen molar-refractivity contribution >= 4 is 18.5 Å². The number of primary amides is 1. The highest BCUT2D eigenvalue weighted by Crippen LogP contribution is 1.58. The first kappa shape index (κ1) is 9.94. The highest BCUT2D eigenvalue weighted by Gasteiger charge is 1.61. The molecule has 0 radical (unpaired) electrons. The summed E-state index contributed by atoms with van der Waals surface area (Å²) >= 11 is 3.79. The fourth-order valence-electron chi connectivity index (χ4n) is 0. The van der Waals surface area contributed by atoms with E-state index in [0.29, 0.717) is 0 Å². The van der Waals surface area contributed by atoms with Gasteiger partial charge in [-0.05, 0) is 5.75 Å². The lowest BCUT2D eigenvalue weighted by Crippen LogP contribution is -2.01. The minimum absolute atomic E-state index is 0.333. The van der Waals surface area contributed by atoms with Crippen LogP contribution < -0.4 is 5.73 Å². The third-order valence-corrected chi connectivity index (χ3v) is 0. The van der Waals surface area contributed by atoms with Crippen LogP contribution in [0.4, 0.5) is 0 Å². The molecule has 2 nitrogen and oxygen atoms in total. The van der Waals surface area contributed by atoms with Crippen LogP contribution in [0.2, 0.25) is 0 Å². The van der Waals surface area contributed by atoms with Crippen molar-refractivity contribution in [2.24, 2.45) is 5.73 Å². The molecule has 0 aromatic rings. The molecule has 2 N–H and O–H groups in total. The Bertz CT molecular complexity index is 43.0. The molecule has 0 spiro atoms. The van der Waals surface area contributed by atoms with E-state index in [4.69, 9.17) is 0 Å². The molecule has 0 aliphatic carbocycles. The maximum absolute atomic E-state index is 9.22. The Kier molecular flexibility index (Phi) is 13.2. The average molecular weight is 121 g/mol. The quantitative estimate of drug-likeness (QED) is 0.448. The molecule has 0 aromatic heterocycles. The average Bonchev–Trinajstić information content (AvgIpc) is 1.33. The standard InChI is InChI=1S/C2H5NO.C2H6S/c1-2(3)4;1-2-3/h1H3,(H2,3,4);3H,2H2,1H3. The predicted octanol–water partition coefficient (Wildman–Crippen LogP) is 0.428. The number of carbonyl (C=O) groups is 1. The maximum Gasteiger partial charge on any atom is 0.214 e. The lowest BCUT2D eigenvalue weighted by Gasteiger charge is -1.60. The maximum atomic E-state index is 9.22. The van der Waals surface area contributed by atoms with E-state index in [-0.39, 0.29) is 5.91 Å². The normalized spacial score (nSPS) is 6.14. The van der Waals surface area contributed by atoms with Crippen molar-refractivity contribution in [3.63, 3.8) is 0 Å². The van der Waals surface area contributed by atoms with Crippen molar-refractivity contribution in [2.45, 2.75) is 13.8 Å². The van der Waals surface area contributed by atoms with E-state index in [1.54, 1.807) is 0 Å². The molecule has 0 bridgehead atoms. The number of thiol groups is 1. The topological polar surface area (TPSA) is 43.1 Å². The van der Waals surface area contributed by atoms with Gasteiger partial charge in [0, 0.05) is 6.92 Å². The zero-order chi connectivity index (χ0) is 6.28. The smallest absolute Gasteiger partial charge is 0.214 e. The summed E-state index contributed by atoms with van der Waals surface area (Å²) < 4.78 is 0. The zero-order valence-electron chi connectivity index (χ0n) is 4.64. The Morgan fingerprint density at radius 1 is 1.86 bits per heavy atom. The van der Waals surface area contributed by atoms with E-state index in [0.717, 1.165) is 5.75 Å².